The number of likely N-dealkylation sites (N-methyl/N-ethyl adjacent to an activating group) is 2. The summed E-state index contributed by atoms with van der Waals surface area (Å²) in [6.45, 7) is 6.04. The van der Waals surface area contributed by atoms with Crippen LogP contribution in [0.5, 0.6) is 0 Å². The monoisotopic (exact) mass is 224 g/mol. The minimum Gasteiger partial charge on any atom is -0.370 e. The third-order valence-corrected chi connectivity index (χ3v) is 2.90. The van der Waals surface area contributed by atoms with Crippen LogP contribution in [0.15, 0.2) is 24.3 Å². The Labute approximate surface area is 97.5 Å². The van der Waals surface area contributed by atoms with Crippen LogP contribution in [0.4, 0.5) is 10.1 Å². The summed E-state index contributed by atoms with van der Waals surface area (Å²) >= 11 is 0. The van der Waals surface area contributed by atoms with Crippen LogP contribution in [0.3, 0.4) is 0 Å². The summed E-state index contributed by atoms with van der Waals surface area (Å²) in [7, 11) is 1.97. The maximum atomic E-state index is 13.1. The van der Waals surface area contributed by atoms with Crippen LogP contribution in [0.25, 0.3) is 0 Å². The molecule has 0 bridgehead atoms. The molecule has 2 nitrogen and oxygen atoms in total. The number of nitrogens with one attached hydrogen (secondary N) is 1. The van der Waals surface area contributed by atoms with Crippen LogP contribution in [-0.2, 0) is 0 Å². The molecule has 0 amide bonds. The highest BCUT2D eigenvalue weighted by molar-refractivity contribution is 5.46. The number of halogens is 1. The molecule has 0 aromatic heterocycles. The van der Waals surface area contributed by atoms with E-state index < -0.39 is 0 Å². The average molecular weight is 224 g/mol. The van der Waals surface area contributed by atoms with Gasteiger partial charge in [-0.1, -0.05) is 13.0 Å². The first-order valence-electron chi connectivity index (χ1n) is 5.89. The highest BCUT2D eigenvalue weighted by Crippen LogP contribution is 2.15. The summed E-state index contributed by atoms with van der Waals surface area (Å²) < 4.78 is 13.1. The van der Waals surface area contributed by atoms with Crippen LogP contribution in [0.2, 0.25) is 0 Å². The van der Waals surface area contributed by atoms with Gasteiger partial charge in [0, 0.05) is 24.8 Å². The lowest BCUT2D eigenvalue weighted by Crippen LogP contribution is -2.39. The van der Waals surface area contributed by atoms with Crippen LogP contribution in [-0.4, -0.2) is 26.2 Å². The van der Waals surface area contributed by atoms with Crippen molar-refractivity contribution < 1.29 is 4.39 Å². The molecule has 90 valence electrons. The second kappa shape index (κ2) is 6.48. The van der Waals surface area contributed by atoms with E-state index in [1.165, 1.54) is 6.07 Å². The molecule has 0 aliphatic rings. The van der Waals surface area contributed by atoms with Gasteiger partial charge in [0.25, 0.3) is 0 Å². The van der Waals surface area contributed by atoms with Gasteiger partial charge in [-0.05, 0) is 38.6 Å². The van der Waals surface area contributed by atoms with Gasteiger partial charge in [0.05, 0.1) is 0 Å². The molecule has 0 saturated heterocycles. The van der Waals surface area contributed by atoms with E-state index >= 15 is 0 Å². The maximum Gasteiger partial charge on any atom is 0.125 e. The van der Waals surface area contributed by atoms with Gasteiger partial charge in [-0.3, -0.25) is 0 Å². The summed E-state index contributed by atoms with van der Waals surface area (Å²) in [5, 5.41) is 3.27. The lowest BCUT2D eigenvalue weighted by Gasteiger charge is -2.27. The minimum absolute atomic E-state index is 0.173. The van der Waals surface area contributed by atoms with Crippen LogP contribution < -0.4 is 10.2 Å². The fraction of sp³-hybridized carbons (Fsp3) is 0.538. The van der Waals surface area contributed by atoms with E-state index in [4.69, 9.17) is 0 Å². The SMILES string of the molecule is CCC(CN(CC)c1cccc(F)c1)NC. The van der Waals surface area contributed by atoms with Crippen molar-refractivity contribution in [2.75, 3.05) is 25.0 Å². The average Bonchev–Trinajstić information content (AvgIpc) is 2.31. The standard InChI is InChI=1S/C13H21FN2/c1-4-12(15-3)10-16(5-2)13-8-6-7-11(14)9-13/h6-9,12,15H,4-5,10H2,1-3H3. The zero-order chi connectivity index (χ0) is 12.0. The van der Waals surface area contributed by atoms with Gasteiger partial charge in [-0.2, -0.15) is 0 Å². The van der Waals surface area contributed by atoms with E-state index in [0.29, 0.717) is 6.04 Å². The third kappa shape index (κ3) is 3.49. The number of benzene rings is 1. The molecule has 0 saturated carbocycles. The molecule has 0 fully saturated rings. The van der Waals surface area contributed by atoms with Gasteiger partial charge < -0.3 is 10.2 Å². The van der Waals surface area contributed by atoms with E-state index in [1.54, 1.807) is 12.1 Å². The molecule has 1 unspecified atom stereocenters. The lowest BCUT2D eigenvalue weighted by atomic mass is 10.2. The van der Waals surface area contributed by atoms with Gasteiger partial charge in [0.2, 0.25) is 0 Å². The second-order valence-corrected chi connectivity index (χ2v) is 3.91. The number of hydrogen-bond acceptors (Lipinski definition) is 2. The summed E-state index contributed by atoms with van der Waals surface area (Å²) in [5.41, 5.74) is 0.955. The van der Waals surface area contributed by atoms with Gasteiger partial charge in [0.15, 0.2) is 0 Å². The molecule has 1 atom stereocenters. The fourth-order valence-corrected chi connectivity index (χ4v) is 1.78. The van der Waals surface area contributed by atoms with Crippen molar-refractivity contribution in [3.05, 3.63) is 30.1 Å². The number of anilines is 1. The molecule has 1 aromatic rings. The molecule has 1 N–H and O–H groups in total. The Morgan fingerprint density at radius 3 is 2.62 bits per heavy atom. The Morgan fingerprint density at radius 1 is 1.38 bits per heavy atom. The number of hydrogen-bond donors (Lipinski definition) is 1. The van der Waals surface area contributed by atoms with Crippen LogP contribution >= 0.6 is 0 Å². The van der Waals surface area contributed by atoms with Crippen LogP contribution in [0.1, 0.15) is 20.3 Å². The Kier molecular flexibility index (Phi) is 5.26. The Hall–Kier alpha value is -1.09. The Balaban J connectivity index is 2.74. The molecule has 3 heteroatoms. The third-order valence-electron chi connectivity index (χ3n) is 2.90. The molecule has 1 rings (SSSR count). The zero-order valence-corrected chi connectivity index (χ0v) is 10.3. The van der Waals surface area contributed by atoms with Gasteiger partial charge in [0.1, 0.15) is 5.82 Å². The Bertz CT molecular complexity index is 311. The van der Waals surface area contributed by atoms with Crippen molar-refractivity contribution in [2.24, 2.45) is 0 Å². The van der Waals surface area contributed by atoms with E-state index in [-0.39, 0.29) is 5.82 Å². The van der Waals surface area contributed by atoms with Crippen molar-refractivity contribution in [1.82, 2.24) is 5.32 Å². The highest BCUT2D eigenvalue weighted by atomic mass is 19.1. The first-order chi connectivity index (χ1) is 7.71. The van der Waals surface area contributed by atoms with Gasteiger partial charge >= 0.3 is 0 Å². The predicted octanol–water partition coefficient (Wildman–Crippen LogP) is 2.65. The molecule has 0 spiro atoms. The molecule has 0 aliphatic heterocycles. The first kappa shape index (κ1) is 13.0. The van der Waals surface area contributed by atoms with Crippen LogP contribution in [0, 0.1) is 5.82 Å². The van der Waals surface area contributed by atoms with Gasteiger partial charge in [-0.15, -0.1) is 0 Å². The largest absolute Gasteiger partial charge is 0.370 e. The fourth-order valence-electron chi connectivity index (χ4n) is 1.78. The molecule has 0 aliphatic carbocycles. The van der Waals surface area contributed by atoms with Crippen molar-refractivity contribution in [2.45, 2.75) is 26.3 Å². The molecule has 1 aromatic carbocycles. The number of rotatable bonds is 6. The lowest BCUT2D eigenvalue weighted by molar-refractivity contribution is 0.534. The number of nitrogens with zero attached hydrogens (tertiary/aromatic N) is 1. The maximum absolute atomic E-state index is 13.1. The topological polar surface area (TPSA) is 15.3 Å². The van der Waals surface area contributed by atoms with E-state index in [9.17, 15) is 4.39 Å². The summed E-state index contributed by atoms with van der Waals surface area (Å²) in [6, 6.07) is 7.23. The van der Waals surface area contributed by atoms with Crippen molar-refractivity contribution in [3.63, 3.8) is 0 Å². The van der Waals surface area contributed by atoms with Crippen molar-refractivity contribution >= 4 is 5.69 Å². The zero-order valence-electron chi connectivity index (χ0n) is 10.3. The molecule has 16 heavy (non-hydrogen) atoms. The van der Waals surface area contributed by atoms with Crippen molar-refractivity contribution in [3.8, 4) is 0 Å². The van der Waals surface area contributed by atoms with Gasteiger partial charge in [-0.25, -0.2) is 4.39 Å². The smallest absolute Gasteiger partial charge is 0.125 e. The van der Waals surface area contributed by atoms with E-state index in [1.807, 2.05) is 13.1 Å². The van der Waals surface area contributed by atoms with E-state index in [0.717, 1.165) is 25.2 Å². The van der Waals surface area contributed by atoms with E-state index in [2.05, 4.69) is 24.1 Å². The molecular formula is C13H21FN2. The summed E-state index contributed by atoms with van der Waals surface area (Å²) in [5.74, 6) is -0.173. The molecule has 0 heterocycles. The quantitative estimate of drug-likeness (QED) is 0.799. The Morgan fingerprint density at radius 2 is 2.12 bits per heavy atom. The molecular weight excluding hydrogens is 203 g/mol. The summed E-state index contributed by atoms with van der Waals surface area (Å²) in [6.07, 6.45) is 1.07. The summed E-state index contributed by atoms with van der Waals surface area (Å²) in [4.78, 5) is 2.19. The molecule has 0 radical (unpaired) electrons. The predicted molar refractivity (Wildman–Crippen MR) is 67.4 cm³/mol. The van der Waals surface area contributed by atoms with Crippen molar-refractivity contribution in [1.29, 1.82) is 0 Å². The first-order valence-corrected chi connectivity index (χ1v) is 5.89. The second-order valence-electron chi connectivity index (χ2n) is 3.91. The minimum atomic E-state index is -0.173. The highest BCUT2D eigenvalue weighted by Gasteiger charge is 2.10. The normalized spacial score (nSPS) is 12.5.